The number of ether oxygens (including phenoxy) is 1. The molecule has 0 spiro atoms. The molecule has 0 N–H and O–H groups in total. The van der Waals surface area contributed by atoms with Crippen molar-refractivity contribution in [2.24, 2.45) is 5.10 Å². The summed E-state index contributed by atoms with van der Waals surface area (Å²) in [6.07, 6.45) is 1.44. The predicted octanol–water partition coefficient (Wildman–Crippen LogP) is 7.05. The number of carbonyl (C=O) groups excluding carboxylic acids is 1. The van der Waals surface area contributed by atoms with Crippen molar-refractivity contribution in [1.82, 2.24) is 4.98 Å². The van der Waals surface area contributed by atoms with Gasteiger partial charge in [-0.05, 0) is 66.2 Å². The van der Waals surface area contributed by atoms with Gasteiger partial charge >= 0.3 is 0 Å². The summed E-state index contributed by atoms with van der Waals surface area (Å²) in [6.45, 7) is 0. The zero-order chi connectivity index (χ0) is 24.2. The number of benzene rings is 4. The van der Waals surface area contributed by atoms with Gasteiger partial charge in [0.15, 0.2) is 0 Å². The average molecular weight is 486 g/mol. The normalized spacial score (nSPS) is 11.1. The van der Waals surface area contributed by atoms with Gasteiger partial charge in [0.2, 0.25) is 5.13 Å². The monoisotopic (exact) mass is 485 g/mol. The van der Waals surface area contributed by atoms with Gasteiger partial charge in [-0.15, -0.1) is 0 Å². The van der Waals surface area contributed by atoms with Crippen molar-refractivity contribution in [3.63, 3.8) is 0 Å². The Morgan fingerprint density at radius 3 is 2.40 bits per heavy atom. The molecule has 35 heavy (non-hydrogen) atoms. The van der Waals surface area contributed by atoms with Crippen molar-refractivity contribution in [2.75, 3.05) is 5.01 Å². The molecule has 0 unspecified atom stereocenters. The van der Waals surface area contributed by atoms with Crippen LogP contribution in [0, 0.1) is 11.6 Å². The molecule has 0 saturated heterocycles. The van der Waals surface area contributed by atoms with Gasteiger partial charge in [0.1, 0.15) is 23.1 Å². The summed E-state index contributed by atoms with van der Waals surface area (Å²) in [6, 6.07) is 25.8. The Labute approximate surface area is 203 Å². The Bertz CT molecular complexity index is 1520. The van der Waals surface area contributed by atoms with Crippen molar-refractivity contribution < 1.29 is 18.3 Å². The highest BCUT2D eigenvalue weighted by Gasteiger charge is 2.22. The number of aromatic nitrogens is 1. The van der Waals surface area contributed by atoms with Crippen LogP contribution in [0.1, 0.15) is 15.9 Å². The first-order valence-electron chi connectivity index (χ1n) is 10.6. The second-order valence-corrected chi connectivity index (χ2v) is 8.47. The number of hydrazone groups is 1. The van der Waals surface area contributed by atoms with E-state index in [4.69, 9.17) is 4.74 Å². The molecule has 0 aliphatic rings. The fourth-order valence-electron chi connectivity index (χ4n) is 3.28. The smallest absolute Gasteiger partial charge is 0.280 e. The number of fused-ring (bicyclic) bond motifs is 1. The maximum atomic E-state index is 13.7. The molecule has 5 nitrogen and oxygen atoms in total. The van der Waals surface area contributed by atoms with Crippen molar-refractivity contribution >= 4 is 38.8 Å². The zero-order valence-electron chi connectivity index (χ0n) is 18.1. The van der Waals surface area contributed by atoms with Gasteiger partial charge < -0.3 is 4.74 Å². The van der Waals surface area contributed by atoms with Gasteiger partial charge in [-0.2, -0.15) is 10.1 Å². The first-order chi connectivity index (χ1) is 17.0. The van der Waals surface area contributed by atoms with Crippen LogP contribution < -0.4 is 9.75 Å². The number of anilines is 1. The van der Waals surface area contributed by atoms with Crippen LogP contribution in [-0.4, -0.2) is 17.1 Å². The molecule has 0 aliphatic heterocycles. The van der Waals surface area contributed by atoms with E-state index in [1.807, 2.05) is 30.3 Å². The van der Waals surface area contributed by atoms with Crippen LogP contribution in [0.15, 0.2) is 102 Å². The summed E-state index contributed by atoms with van der Waals surface area (Å²) >= 11 is 1.14. The number of halogens is 2. The second kappa shape index (κ2) is 9.82. The van der Waals surface area contributed by atoms with E-state index in [1.54, 1.807) is 42.5 Å². The molecule has 0 radical (unpaired) electrons. The Morgan fingerprint density at radius 2 is 1.60 bits per heavy atom. The average Bonchev–Trinajstić information content (AvgIpc) is 3.29. The molecule has 0 aliphatic carbocycles. The maximum Gasteiger partial charge on any atom is 0.280 e. The van der Waals surface area contributed by atoms with Crippen LogP contribution in [0.25, 0.3) is 10.2 Å². The Morgan fingerprint density at radius 1 is 0.857 bits per heavy atom. The molecule has 0 atom stereocenters. The lowest BCUT2D eigenvalue weighted by Crippen LogP contribution is -2.25. The van der Waals surface area contributed by atoms with E-state index in [-0.39, 0.29) is 10.9 Å². The molecule has 1 amide bonds. The number of carbonyl (C=O) groups is 1. The fraction of sp³-hybridized carbons (Fsp3) is 0. The molecule has 5 rings (SSSR count). The number of para-hydroxylation sites is 1. The summed E-state index contributed by atoms with van der Waals surface area (Å²) in [7, 11) is 0. The van der Waals surface area contributed by atoms with Crippen LogP contribution >= 0.6 is 11.3 Å². The van der Waals surface area contributed by atoms with E-state index < -0.39 is 11.7 Å². The minimum Gasteiger partial charge on any atom is -0.457 e. The SMILES string of the molecule is O=C(c1cccc(Oc2ccccc2)c1)N(/N=C/c1ccc(F)cc1)c1nc2ccc(F)cc2s1. The molecule has 0 saturated carbocycles. The summed E-state index contributed by atoms with van der Waals surface area (Å²) in [5, 5.41) is 5.76. The summed E-state index contributed by atoms with van der Waals surface area (Å²) in [5.74, 6) is -0.113. The van der Waals surface area contributed by atoms with E-state index in [1.165, 1.54) is 30.5 Å². The number of hydrogen-bond acceptors (Lipinski definition) is 5. The van der Waals surface area contributed by atoms with Crippen LogP contribution in [-0.2, 0) is 0 Å². The number of rotatable bonds is 6. The number of thiazole rings is 1. The number of hydrogen-bond donors (Lipinski definition) is 0. The summed E-state index contributed by atoms with van der Waals surface area (Å²) < 4.78 is 33.4. The first kappa shape index (κ1) is 22.4. The predicted molar refractivity (Wildman–Crippen MR) is 133 cm³/mol. The number of nitrogens with zero attached hydrogens (tertiary/aromatic N) is 3. The van der Waals surface area contributed by atoms with Gasteiger partial charge in [0.25, 0.3) is 5.91 Å². The Balaban J connectivity index is 1.50. The molecule has 8 heteroatoms. The lowest BCUT2D eigenvalue weighted by Gasteiger charge is -2.14. The standard InChI is InChI=1S/C27H17F2N3O2S/c28-20-11-9-18(10-12-20)17-30-32(27-31-24-14-13-21(29)16-25(24)35-27)26(33)19-5-4-8-23(15-19)34-22-6-2-1-3-7-22/h1-17H/b30-17+. The largest absolute Gasteiger partial charge is 0.457 e. The summed E-state index contributed by atoms with van der Waals surface area (Å²) in [4.78, 5) is 18.0. The quantitative estimate of drug-likeness (QED) is 0.191. The third-order valence-electron chi connectivity index (χ3n) is 4.96. The molecule has 0 fully saturated rings. The molecule has 1 heterocycles. The van der Waals surface area contributed by atoms with Crippen LogP contribution in [0.5, 0.6) is 11.5 Å². The van der Waals surface area contributed by atoms with E-state index in [0.717, 1.165) is 16.3 Å². The fourth-order valence-corrected chi connectivity index (χ4v) is 4.23. The third kappa shape index (κ3) is 5.23. The highest BCUT2D eigenvalue weighted by atomic mass is 32.1. The van der Waals surface area contributed by atoms with Gasteiger partial charge in [0, 0.05) is 5.56 Å². The van der Waals surface area contributed by atoms with Crippen LogP contribution in [0.3, 0.4) is 0 Å². The van der Waals surface area contributed by atoms with Gasteiger partial charge in [0.05, 0.1) is 16.4 Å². The molecule has 0 bridgehead atoms. The van der Waals surface area contributed by atoms with Gasteiger partial charge in [-0.25, -0.2) is 13.8 Å². The van der Waals surface area contributed by atoms with Crippen molar-refractivity contribution in [1.29, 1.82) is 0 Å². The van der Waals surface area contributed by atoms with E-state index in [9.17, 15) is 13.6 Å². The highest BCUT2D eigenvalue weighted by molar-refractivity contribution is 7.22. The highest BCUT2D eigenvalue weighted by Crippen LogP contribution is 2.31. The lowest BCUT2D eigenvalue weighted by molar-refractivity contribution is 0.0987. The summed E-state index contributed by atoms with van der Waals surface area (Å²) in [5.41, 5.74) is 1.46. The third-order valence-corrected chi connectivity index (χ3v) is 5.96. The molecular weight excluding hydrogens is 468 g/mol. The molecule has 172 valence electrons. The van der Waals surface area contributed by atoms with Crippen LogP contribution in [0.4, 0.5) is 13.9 Å². The van der Waals surface area contributed by atoms with Crippen molar-refractivity contribution in [2.45, 2.75) is 0 Å². The minimum atomic E-state index is -0.457. The minimum absolute atomic E-state index is 0.267. The second-order valence-electron chi connectivity index (χ2n) is 7.46. The van der Waals surface area contributed by atoms with Crippen molar-refractivity contribution in [3.8, 4) is 11.5 Å². The zero-order valence-corrected chi connectivity index (χ0v) is 19.0. The molecule has 4 aromatic carbocycles. The van der Waals surface area contributed by atoms with Gasteiger partial charge in [-0.3, -0.25) is 4.79 Å². The van der Waals surface area contributed by atoms with Crippen LogP contribution in [0.2, 0.25) is 0 Å². The lowest BCUT2D eigenvalue weighted by atomic mass is 10.2. The van der Waals surface area contributed by atoms with E-state index in [2.05, 4.69) is 10.1 Å². The van der Waals surface area contributed by atoms with Crippen molar-refractivity contribution in [3.05, 3.63) is 120 Å². The van der Waals surface area contributed by atoms with E-state index >= 15 is 0 Å². The Hall–Kier alpha value is -4.43. The van der Waals surface area contributed by atoms with Gasteiger partial charge in [-0.1, -0.05) is 47.7 Å². The number of amides is 1. The molecule has 5 aromatic rings. The maximum absolute atomic E-state index is 13.7. The molecule has 1 aromatic heterocycles. The Kier molecular flexibility index (Phi) is 6.28. The molecular formula is C27H17F2N3O2S. The van der Waals surface area contributed by atoms with E-state index in [0.29, 0.717) is 32.8 Å². The first-order valence-corrected chi connectivity index (χ1v) is 11.4. The topological polar surface area (TPSA) is 54.8 Å².